The van der Waals surface area contributed by atoms with Crippen molar-refractivity contribution in [3.05, 3.63) is 11.8 Å². The van der Waals surface area contributed by atoms with Gasteiger partial charge in [-0.2, -0.15) is 0 Å². The van der Waals surface area contributed by atoms with Crippen molar-refractivity contribution in [1.82, 2.24) is 10.1 Å². The Bertz CT molecular complexity index is 514. The van der Waals surface area contributed by atoms with Crippen LogP contribution >= 0.6 is 0 Å². The summed E-state index contributed by atoms with van der Waals surface area (Å²) in [6, 6.07) is 1.15. The second kappa shape index (κ2) is 6.71. The molecule has 2 heterocycles. The number of amides is 1. The van der Waals surface area contributed by atoms with Crippen LogP contribution in [0, 0.1) is 12.8 Å². The average Bonchev–Trinajstić information content (AvgIpc) is 2.82. The molecule has 1 saturated heterocycles. The predicted molar refractivity (Wildman–Crippen MR) is 75.9 cm³/mol. The first-order valence-corrected chi connectivity index (χ1v) is 7.15. The highest BCUT2D eigenvalue weighted by molar-refractivity contribution is 5.89. The highest BCUT2D eigenvalue weighted by Crippen LogP contribution is 2.22. The van der Waals surface area contributed by atoms with E-state index in [9.17, 15) is 14.7 Å². The SMILES string of the molecule is Cc1cc(NC(=O)CCN2CCC(C)CC2C(=O)O)no1. The first kappa shape index (κ1) is 15.5. The molecule has 7 nitrogen and oxygen atoms in total. The van der Waals surface area contributed by atoms with Gasteiger partial charge in [-0.05, 0) is 32.2 Å². The average molecular weight is 295 g/mol. The summed E-state index contributed by atoms with van der Waals surface area (Å²) in [4.78, 5) is 25.0. The van der Waals surface area contributed by atoms with Gasteiger partial charge in [0.15, 0.2) is 5.82 Å². The molecule has 1 amide bonds. The van der Waals surface area contributed by atoms with Crippen molar-refractivity contribution in [3.63, 3.8) is 0 Å². The van der Waals surface area contributed by atoms with E-state index in [0.717, 1.165) is 6.42 Å². The van der Waals surface area contributed by atoms with Crippen molar-refractivity contribution in [1.29, 1.82) is 0 Å². The maximum atomic E-state index is 11.8. The number of carbonyl (C=O) groups excluding carboxylic acids is 1. The van der Waals surface area contributed by atoms with E-state index in [1.54, 1.807) is 13.0 Å². The Labute approximate surface area is 123 Å². The van der Waals surface area contributed by atoms with Crippen LogP contribution in [0.1, 0.15) is 31.9 Å². The zero-order chi connectivity index (χ0) is 15.4. The van der Waals surface area contributed by atoms with Gasteiger partial charge in [0.25, 0.3) is 0 Å². The van der Waals surface area contributed by atoms with Crippen molar-refractivity contribution in [2.24, 2.45) is 5.92 Å². The molecular weight excluding hydrogens is 274 g/mol. The van der Waals surface area contributed by atoms with Gasteiger partial charge in [-0.15, -0.1) is 0 Å². The molecule has 1 aromatic heterocycles. The van der Waals surface area contributed by atoms with E-state index in [4.69, 9.17) is 4.52 Å². The fourth-order valence-corrected chi connectivity index (χ4v) is 2.59. The lowest BCUT2D eigenvalue weighted by atomic mass is 9.92. The number of rotatable bonds is 5. The Kier molecular flexibility index (Phi) is 4.95. The van der Waals surface area contributed by atoms with E-state index in [1.165, 1.54) is 0 Å². The van der Waals surface area contributed by atoms with E-state index >= 15 is 0 Å². The van der Waals surface area contributed by atoms with E-state index in [-0.39, 0.29) is 12.3 Å². The van der Waals surface area contributed by atoms with E-state index in [0.29, 0.717) is 37.0 Å². The van der Waals surface area contributed by atoms with Crippen molar-refractivity contribution in [2.75, 3.05) is 18.4 Å². The number of carboxylic acid groups (broad SMARTS) is 1. The molecule has 2 N–H and O–H groups in total. The number of hydrogen-bond acceptors (Lipinski definition) is 5. The minimum absolute atomic E-state index is 0.189. The van der Waals surface area contributed by atoms with Gasteiger partial charge in [-0.25, -0.2) is 0 Å². The summed E-state index contributed by atoms with van der Waals surface area (Å²) in [5.41, 5.74) is 0. The fraction of sp³-hybridized carbons (Fsp3) is 0.643. The molecule has 0 spiro atoms. The number of nitrogens with zero attached hydrogens (tertiary/aromatic N) is 2. The molecule has 0 radical (unpaired) electrons. The molecule has 0 saturated carbocycles. The van der Waals surface area contributed by atoms with Gasteiger partial charge in [0.2, 0.25) is 5.91 Å². The van der Waals surface area contributed by atoms with Crippen LogP contribution in [0.3, 0.4) is 0 Å². The summed E-state index contributed by atoms with van der Waals surface area (Å²) in [5.74, 6) is 0.426. The van der Waals surface area contributed by atoms with E-state index < -0.39 is 12.0 Å². The maximum absolute atomic E-state index is 11.8. The summed E-state index contributed by atoms with van der Waals surface area (Å²) >= 11 is 0. The minimum Gasteiger partial charge on any atom is -0.480 e. The highest BCUT2D eigenvalue weighted by Gasteiger charge is 2.31. The number of aliphatic carboxylic acids is 1. The number of likely N-dealkylation sites (tertiary alicyclic amines) is 1. The van der Waals surface area contributed by atoms with Crippen LogP contribution in [0.4, 0.5) is 5.82 Å². The molecule has 1 aromatic rings. The van der Waals surface area contributed by atoms with Crippen molar-refractivity contribution in [2.45, 2.75) is 39.2 Å². The summed E-state index contributed by atoms with van der Waals surface area (Å²) in [6.45, 7) is 4.96. The topological polar surface area (TPSA) is 95.7 Å². The molecule has 0 aliphatic carbocycles. The van der Waals surface area contributed by atoms with Gasteiger partial charge in [-0.3, -0.25) is 14.5 Å². The first-order chi connectivity index (χ1) is 9.95. The van der Waals surface area contributed by atoms with E-state index in [2.05, 4.69) is 17.4 Å². The Hall–Kier alpha value is -1.89. The quantitative estimate of drug-likeness (QED) is 0.854. The predicted octanol–water partition coefficient (Wildman–Crippen LogP) is 1.50. The number of nitrogens with one attached hydrogen (secondary N) is 1. The third-order valence-corrected chi connectivity index (χ3v) is 3.78. The van der Waals surface area contributed by atoms with Gasteiger partial charge in [0, 0.05) is 19.0 Å². The van der Waals surface area contributed by atoms with Crippen molar-refractivity contribution < 1.29 is 19.2 Å². The van der Waals surface area contributed by atoms with Crippen LogP contribution < -0.4 is 5.32 Å². The molecule has 2 unspecified atom stereocenters. The molecule has 0 bridgehead atoms. The standard InChI is InChI=1S/C14H21N3O4/c1-9-3-5-17(11(7-9)14(19)20)6-4-13(18)15-12-8-10(2)21-16-12/h8-9,11H,3-7H2,1-2H3,(H,19,20)(H,15,16,18). The summed E-state index contributed by atoms with van der Waals surface area (Å²) in [6.07, 6.45) is 1.84. The van der Waals surface area contributed by atoms with Gasteiger partial charge < -0.3 is 14.9 Å². The number of carbonyl (C=O) groups is 2. The smallest absolute Gasteiger partial charge is 0.320 e. The van der Waals surface area contributed by atoms with Crippen LogP contribution in [0.25, 0.3) is 0 Å². The number of anilines is 1. The Morgan fingerprint density at radius 3 is 2.95 bits per heavy atom. The zero-order valence-corrected chi connectivity index (χ0v) is 12.3. The highest BCUT2D eigenvalue weighted by atomic mass is 16.5. The number of carboxylic acids is 1. The normalized spacial score (nSPS) is 23.0. The second-order valence-electron chi connectivity index (χ2n) is 5.64. The van der Waals surface area contributed by atoms with Gasteiger partial charge in [0.1, 0.15) is 11.8 Å². The lowest BCUT2D eigenvalue weighted by molar-refractivity contribution is -0.145. The summed E-state index contributed by atoms with van der Waals surface area (Å²) in [7, 11) is 0. The number of piperidine rings is 1. The van der Waals surface area contributed by atoms with Gasteiger partial charge in [0.05, 0.1) is 0 Å². The Morgan fingerprint density at radius 2 is 2.33 bits per heavy atom. The monoisotopic (exact) mass is 295 g/mol. The molecule has 2 atom stereocenters. The lowest BCUT2D eigenvalue weighted by Crippen LogP contribution is -2.47. The molecular formula is C14H21N3O4. The molecule has 116 valence electrons. The number of hydrogen-bond donors (Lipinski definition) is 2. The first-order valence-electron chi connectivity index (χ1n) is 7.15. The summed E-state index contributed by atoms with van der Waals surface area (Å²) in [5, 5.41) is 15.6. The van der Waals surface area contributed by atoms with Crippen LogP contribution in [-0.4, -0.2) is 46.2 Å². The van der Waals surface area contributed by atoms with Crippen molar-refractivity contribution in [3.8, 4) is 0 Å². The molecule has 1 aliphatic heterocycles. The second-order valence-corrected chi connectivity index (χ2v) is 5.64. The van der Waals surface area contributed by atoms with E-state index in [1.807, 2.05) is 4.90 Å². The largest absolute Gasteiger partial charge is 0.480 e. The van der Waals surface area contributed by atoms with Gasteiger partial charge in [-0.1, -0.05) is 12.1 Å². The van der Waals surface area contributed by atoms with Crippen LogP contribution in [0.2, 0.25) is 0 Å². The maximum Gasteiger partial charge on any atom is 0.320 e. The van der Waals surface area contributed by atoms with Crippen molar-refractivity contribution >= 4 is 17.7 Å². The summed E-state index contributed by atoms with van der Waals surface area (Å²) < 4.78 is 4.87. The fourth-order valence-electron chi connectivity index (χ4n) is 2.59. The lowest BCUT2D eigenvalue weighted by Gasteiger charge is -2.35. The van der Waals surface area contributed by atoms with Crippen LogP contribution in [-0.2, 0) is 9.59 Å². The number of aryl methyl sites for hydroxylation is 1. The molecule has 0 aromatic carbocycles. The molecule has 21 heavy (non-hydrogen) atoms. The molecule has 7 heteroatoms. The Morgan fingerprint density at radius 1 is 1.57 bits per heavy atom. The third-order valence-electron chi connectivity index (χ3n) is 3.78. The van der Waals surface area contributed by atoms with Crippen LogP contribution in [0.15, 0.2) is 10.6 Å². The third kappa shape index (κ3) is 4.29. The van der Waals surface area contributed by atoms with Crippen LogP contribution in [0.5, 0.6) is 0 Å². The molecule has 1 fully saturated rings. The molecule has 2 rings (SSSR count). The minimum atomic E-state index is -0.811. The molecule has 1 aliphatic rings. The zero-order valence-electron chi connectivity index (χ0n) is 12.3. The number of aromatic nitrogens is 1. The van der Waals surface area contributed by atoms with Gasteiger partial charge >= 0.3 is 5.97 Å². The Balaban J connectivity index is 1.83.